The maximum Gasteiger partial charge on any atom is 0.245 e. The molecule has 3 aliphatic heterocycles. The van der Waals surface area contributed by atoms with Crippen molar-refractivity contribution < 1.29 is 14.3 Å². The summed E-state index contributed by atoms with van der Waals surface area (Å²) in [5.74, 6) is 0.282. The summed E-state index contributed by atoms with van der Waals surface area (Å²) in [4.78, 5) is 31.2. The van der Waals surface area contributed by atoms with E-state index in [1.807, 2.05) is 28.0 Å². The second-order valence-electron chi connectivity index (χ2n) is 9.06. The van der Waals surface area contributed by atoms with Gasteiger partial charge in [-0.15, -0.1) is 0 Å². The zero-order valence-corrected chi connectivity index (χ0v) is 17.7. The van der Waals surface area contributed by atoms with Gasteiger partial charge >= 0.3 is 0 Å². The van der Waals surface area contributed by atoms with Crippen LogP contribution in [0.4, 0.5) is 0 Å². The van der Waals surface area contributed by atoms with Gasteiger partial charge in [0.2, 0.25) is 11.8 Å². The lowest BCUT2D eigenvalue weighted by atomic mass is 9.67. The van der Waals surface area contributed by atoms with Crippen molar-refractivity contribution in [3.8, 4) is 0 Å². The van der Waals surface area contributed by atoms with Gasteiger partial charge < -0.3 is 14.5 Å². The molecule has 4 rings (SSSR count). The van der Waals surface area contributed by atoms with Gasteiger partial charge in [0, 0.05) is 38.3 Å². The maximum atomic E-state index is 13.8. The molecule has 1 unspecified atom stereocenters. The van der Waals surface area contributed by atoms with Gasteiger partial charge in [0.05, 0.1) is 6.42 Å². The highest BCUT2D eigenvalue weighted by Gasteiger charge is 2.51. The molecule has 0 aliphatic carbocycles. The number of aryl methyl sites for hydroxylation is 1. The fraction of sp³-hybridized carbons (Fsp3) is 0.667. The highest BCUT2D eigenvalue weighted by molar-refractivity contribution is 5.89. The Labute approximate surface area is 174 Å². The number of hydrogen-bond acceptors (Lipinski definition) is 3. The predicted molar refractivity (Wildman–Crippen MR) is 113 cm³/mol. The van der Waals surface area contributed by atoms with E-state index in [-0.39, 0.29) is 23.3 Å². The Hall–Kier alpha value is -1.88. The van der Waals surface area contributed by atoms with Gasteiger partial charge in [0.15, 0.2) is 0 Å². The van der Waals surface area contributed by atoms with Gasteiger partial charge in [0.25, 0.3) is 0 Å². The van der Waals surface area contributed by atoms with E-state index in [9.17, 15) is 9.59 Å². The van der Waals surface area contributed by atoms with E-state index >= 15 is 0 Å². The SMILES string of the molecule is Cc1ccccc1CC(=O)N1CCCC2(CCOCC2)C1C(=O)N1CCCCC1. The molecule has 0 bridgehead atoms. The number of carbonyl (C=O) groups is 2. The minimum Gasteiger partial charge on any atom is -0.381 e. The molecule has 3 saturated heterocycles. The van der Waals surface area contributed by atoms with Gasteiger partial charge in [0.1, 0.15) is 6.04 Å². The number of nitrogens with zero attached hydrogens (tertiary/aromatic N) is 2. The summed E-state index contributed by atoms with van der Waals surface area (Å²) in [6.07, 6.45) is 7.48. The quantitative estimate of drug-likeness (QED) is 0.785. The number of rotatable bonds is 3. The molecule has 3 heterocycles. The molecule has 0 N–H and O–H groups in total. The molecule has 5 heteroatoms. The third kappa shape index (κ3) is 4.20. The number of ether oxygens (including phenoxy) is 1. The van der Waals surface area contributed by atoms with Gasteiger partial charge in [-0.3, -0.25) is 9.59 Å². The molecular weight excluding hydrogens is 364 g/mol. The number of piperidine rings is 2. The van der Waals surface area contributed by atoms with Crippen LogP contribution >= 0.6 is 0 Å². The topological polar surface area (TPSA) is 49.9 Å². The minimum absolute atomic E-state index is 0.0974. The van der Waals surface area contributed by atoms with E-state index in [0.29, 0.717) is 26.2 Å². The largest absolute Gasteiger partial charge is 0.381 e. The Bertz CT molecular complexity index is 730. The molecule has 1 aromatic rings. The number of benzene rings is 1. The fourth-order valence-electron chi connectivity index (χ4n) is 5.52. The van der Waals surface area contributed by atoms with E-state index in [1.165, 1.54) is 6.42 Å². The average molecular weight is 399 g/mol. The van der Waals surface area contributed by atoms with Crippen LogP contribution in [-0.4, -0.2) is 60.5 Å². The second kappa shape index (κ2) is 8.86. The molecule has 158 valence electrons. The monoisotopic (exact) mass is 398 g/mol. The number of hydrogen-bond donors (Lipinski definition) is 0. The first kappa shape index (κ1) is 20.4. The molecule has 5 nitrogen and oxygen atoms in total. The van der Waals surface area contributed by atoms with E-state index < -0.39 is 0 Å². The second-order valence-corrected chi connectivity index (χ2v) is 9.06. The first-order valence-corrected chi connectivity index (χ1v) is 11.3. The third-order valence-electron chi connectivity index (χ3n) is 7.28. The van der Waals surface area contributed by atoms with Crippen molar-refractivity contribution in [3.63, 3.8) is 0 Å². The van der Waals surface area contributed by atoms with Crippen LogP contribution in [-0.2, 0) is 20.7 Å². The lowest BCUT2D eigenvalue weighted by molar-refractivity contribution is -0.161. The molecule has 2 amide bonds. The Morgan fingerprint density at radius 3 is 2.45 bits per heavy atom. The Kier molecular flexibility index (Phi) is 6.23. The van der Waals surface area contributed by atoms with Crippen molar-refractivity contribution >= 4 is 11.8 Å². The number of likely N-dealkylation sites (tertiary alicyclic amines) is 2. The van der Waals surface area contributed by atoms with Gasteiger partial charge in [-0.2, -0.15) is 0 Å². The zero-order valence-electron chi connectivity index (χ0n) is 17.7. The maximum absolute atomic E-state index is 13.8. The van der Waals surface area contributed by atoms with E-state index in [1.54, 1.807) is 0 Å². The number of amides is 2. The van der Waals surface area contributed by atoms with Crippen LogP contribution in [0, 0.1) is 12.3 Å². The smallest absolute Gasteiger partial charge is 0.245 e. The Morgan fingerprint density at radius 1 is 1.00 bits per heavy atom. The fourth-order valence-corrected chi connectivity index (χ4v) is 5.52. The normalized spacial score (nSPS) is 24.5. The average Bonchev–Trinajstić information content (AvgIpc) is 2.76. The van der Waals surface area contributed by atoms with Crippen molar-refractivity contribution in [1.82, 2.24) is 9.80 Å². The summed E-state index contributed by atoms with van der Waals surface area (Å²) in [6, 6.07) is 7.75. The van der Waals surface area contributed by atoms with Crippen molar-refractivity contribution in [2.75, 3.05) is 32.8 Å². The number of carbonyl (C=O) groups excluding carboxylic acids is 2. The summed E-state index contributed by atoms with van der Waals surface area (Å²) in [5.41, 5.74) is 2.08. The summed E-state index contributed by atoms with van der Waals surface area (Å²) in [7, 11) is 0. The molecule has 3 aliphatic rings. The lowest BCUT2D eigenvalue weighted by Crippen LogP contribution is -2.63. The Morgan fingerprint density at radius 2 is 1.72 bits per heavy atom. The van der Waals surface area contributed by atoms with Crippen molar-refractivity contribution in [2.24, 2.45) is 5.41 Å². The summed E-state index contributed by atoms with van der Waals surface area (Å²) >= 11 is 0. The molecule has 3 fully saturated rings. The molecule has 0 saturated carbocycles. The Balaban J connectivity index is 1.61. The van der Waals surface area contributed by atoms with Gasteiger partial charge in [-0.05, 0) is 63.0 Å². The molecule has 0 radical (unpaired) electrons. The molecule has 1 aromatic carbocycles. The first-order chi connectivity index (χ1) is 14.1. The molecular formula is C24H34N2O3. The van der Waals surface area contributed by atoms with Crippen LogP contribution in [0.15, 0.2) is 24.3 Å². The van der Waals surface area contributed by atoms with Crippen molar-refractivity contribution in [2.45, 2.75) is 64.3 Å². The minimum atomic E-state index is -0.324. The summed E-state index contributed by atoms with van der Waals surface area (Å²) in [5, 5.41) is 0. The van der Waals surface area contributed by atoms with E-state index in [4.69, 9.17) is 4.74 Å². The van der Waals surface area contributed by atoms with Crippen molar-refractivity contribution in [3.05, 3.63) is 35.4 Å². The predicted octanol–water partition coefficient (Wildman–Crippen LogP) is 3.34. The lowest BCUT2D eigenvalue weighted by Gasteiger charge is -2.52. The van der Waals surface area contributed by atoms with E-state index in [0.717, 1.165) is 62.7 Å². The zero-order chi connectivity index (χ0) is 20.3. The van der Waals surface area contributed by atoms with Crippen LogP contribution in [0.5, 0.6) is 0 Å². The van der Waals surface area contributed by atoms with Gasteiger partial charge in [-0.1, -0.05) is 24.3 Å². The highest BCUT2D eigenvalue weighted by Crippen LogP contribution is 2.45. The van der Waals surface area contributed by atoms with Crippen molar-refractivity contribution in [1.29, 1.82) is 0 Å². The summed E-state index contributed by atoms with van der Waals surface area (Å²) < 4.78 is 5.65. The molecule has 0 aromatic heterocycles. The van der Waals surface area contributed by atoms with Crippen LogP contribution in [0.1, 0.15) is 56.1 Å². The van der Waals surface area contributed by atoms with Crippen LogP contribution in [0.2, 0.25) is 0 Å². The molecule has 29 heavy (non-hydrogen) atoms. The molecule has 1 spiro atoms. The first-order valence-electron chi connectivity index (χ1n) is 11.3. The molecule has 1 atom stereocenters. The van der Waals surface area contributed by atoms with Crippen LogP contribution in [0.25, 0.3) is 0 Å². The van der Waals surface area contributed by atoms with E-state index in [2.05, 4.69) is 13.0 Å². The third-order valence-corrected chi connectivity index (χ3v) is 7.28. The standard InChI is InChI=1S/C24H34N2O3/c1-19-8-3-4-9-20(19)18-21(27)26-15-7-10-24(11-16-29-17-12-24)22(26)23(28)25-13-5-2-6-14-25/h3-4,8-9,22H,2,5-7,10-18H2,1H3. The van der Waals surface area contributed by atoms with Crippen LogP contribution in [0.3, 0.4) is 0 Å². The van der Waals surface area contributed by atoms with Gasteiger partial charge in [-0.25, -0.2) is 0 Å². The summed E-state index contributed by atoms with van der Waals surface area (Å²) in [6.45, 7) is 5.81. The highest BCUT2D eigenvalue weighted by atomic mass is 16.5. The van der Waals surface area contributed by atoms with Crippen LogP contribution < -0.4 is 0 Å².